The highest BCUT2D eigenvalue weighted by atomic mass is 19.2. The van der Waals surface area contributed by atoms with Gasteiger partial charge in [-0.15, -0.1) is 21.9 Å². The largest absolute Gasteiger partial charge is 0.381 e. The lowest BCUT2D eigenvalue weighted by Gasteiger charge is -2.44. The summed E-state index contributed by atoms with van der Waals surface area (Å²) in [5.41, 5.74) is -13.7. The minimum absolute atomic E-state index is 0.0435. The summed E-state index contributed by atoms with van der Waals surface area (Å²) in [4.78, 5) is 22.5. The number of Topliss-reactive ketones (excluding diaryl/α,β-unsaturated/α-hetero) is 1. The molecule has 0 unspecified atom stereocenters. The average molecular weight is 1000 g/mol. The highest BCUT2D eigenvalue weighted by Crippen LogP contribution is 2.31. The van der Waals surface area contributed by atoms with Gasteiger partial charge in [0, 0.05) is 11.6 Å². The van der Waals surface area contributed by atoms with Gasteiger partial charge in [-0.1, -0.05) is 48.5 Å². The molecule has 0 aliphatic carbocycles. The van der Waals surface area contributed by atoms with Crippen LogP contribution in [0.3, 0.4) is 0 Å². The van der Waals surface area contributed by atoms with Crippen LogP contribution in [-0.4, -0.2) is 23.6 Å². The Kier molecular flexibility index (Phi) is 14.0. The van der Waals surface area contributed by atoms with Gasteiger partial charge in [0.15, 0.2) is 76.0 Å². The molecule has 1 heterocycles. The van der Waals surface area contributed by atoms with E-state index in [2.05, 4.69) is 0 Å². The fraction of sp³-hybridized carbons (Fsp3) is 0.0476. The van der Waals surface area contributed by atoms with Gasteiger partial charge in [-0.25, -0.2) is 87.8 Å². The number of hydrogen-bond donors (Lipinski definition) is 0. The minimum atomic E-state index is -7.22. The minimum Gasteiger partial charge on any atom is -0.378 e. The smallest absolute Gasteiger partial charge is 0.378 e. The third-order valence-corrected chi connectivity index (χ3v) is 10.3. The van der Waals surface area contributed by atoms with Crippen molar-refractivity contribution in [2.24, 2.45) is 0 Å². The van der Waals surface area contributed by atoms with E-state index in [1.54, 1.807) is 35.0 Å². The van der Waals surface area contributed by atoms with Crippen LogP contribution < -0.4 is 31.2 Å². The van der Waals surface area contributed by atoms with Gasteiger partial charge < -0.3 is 4.74 Å². The quantitative estimate of drug-likeness (QED) is 0.0159. The van der Waals surface area contributed by atoms with E-state index < -0.39 is 156 Å². The third kappa shape index (κ3) is 8.27. The van der Waals surface area contributed by atoms with Crippen molar-refractivity contribution in [2.75, 3.05) is 6.73 Å². The highest BCUT2D eigenvalue weighted by Gasteiger charge is 2.52. The average Bonchev–Trinajstić information content (AvgIpc) is 3.33. The molecule has 69 heavy (non-hydrogen) atoms. The van der Waals surface area contributed by atoms with E-state index in [4.69, 9.17) is 4.74 Å². The number of halogens is 20. The molecule has 0 amide bonds. The van der Waals surface area contributed by atoms with Gasteiger partial charge in [-0.05, 0) is 11.5 Å². The molecule has 1 aromatic heterocycles. The summed E-state index contributed by atoms with van der Waals surface area (Å²) in [5, 5.41) is 12.3. The van der Waals surface area contributed by atoms with Gasteiger partial charge in [0.05, 0.1) is 10.3 Å². The second-order valence-electron chi connectivity index (χ2n) is 14.0. The number of fused-ring (bicyclic) bond motifs is 1. The number of ketones is 1. The lowest BCUT2D eigenvalue weighted by molar-refractivity contribution is -0.692. The number of benzene rings is 6. The van der Waals surface area contributed by atoms with Crippen LogP contribution in [0.2, 0.25) is 0 Å². The van der Waals surface area contributed by atoms with Crippen LogP contribution in [0.1, 0.15) is 10.4 Å². The molecule has 7 aromatic rings. The second kappa shape index (κ2) is 19.1. The van der Waals surface area contributed by atoms with E-state index in [-0.39, 0.29) is 12.3 Å². The van der Waals surface area contributed by atoms with E-state index in [1.807, 2.05) is 36.4 Å². The van der Waals surface area contributed by atoms with E-state index in [0.29, 0.717) is 11.4 Å². The molecule has 0 aliphatic rings. The number of nitrogens with zero attached hydrogens (tertiary/aromatic N) is 2. The number of hydrogen-bond acceptors (Lipinski definition) is 4. The van der Waals surface area contributed by atoms with E-state index in [0.717, 1.165) is 10.8 Å². The van der Waals surface area contributed by atoms with Crippen molar-refractivity contribution in [3.63, 3.8) is 0 Å². The molecule has 6 nitrogen and oxygen atoms in total. The monoisotopic (exact) mass is 1000 g/mol. The van der Waals surface area contributed by atoms with Crippen LogP contribution in [0.4, 0.5) is 87.8 Å². The first-order valence-electron chi connectivity index (χ1n) is 18.3. The van der Waals surface area contributed by atoms with Crippen molar-refractivity contribution in [3.05, 3.63) is 199 Å². The van der Waals surface area contributed by atoms with Gasteiger partial charge in [-0.3, -0.25) is 14.9 Å². The molecule has 0 bridgehead atoms. The zero-order valence-electron chi connectivity index (χ0n) is 32.9. The Balaban J connectivity index is 0.000000273. The molecule has 0 fully saturated rings. The van der Waals surface area contributed by atoms with Gasteiger partial charge in [0.25, 0.3) is 0 Å². The predicted octanol–water partition coefficient (Wildman–Crippen LogP) is 8.47. The Morgan fingerprint density at radius 1 is 0.449 bits per heavy atom. The van der Waals surface area contributed by atoms with Crippen LogP contribution in [0.25, 0.3) is 10.8 Å². The third-order valence-electron chi connectivity index (χ3n) is 10.3. The topological polar surface area (TPSA) is 73.3 Å². The molecule has 0 atom stereocenters. The number of rotatable bonds is 10. The molecule has 0 saturated heterocycles. The highest BCUT2D eigenvalue weighted by molar-refractivity contribution is 7.20. The standard InChI is InChI=1S/C24BF20.C18H15N2O4/c26-5-1(6(27)14(35)21(42)13(5)34)25(2-7(28)15(36)22(43)16(37)8(2)29,3-9(30)17(38)23(44)18(39)10(3)31)4-11(32)19(40)24(45)20(41)12(4)33;21-17(15-7-2-1-3-8-15)12-19-11-10-14-6-4-5-9-16(14)18(19)24-13-20(22)23/h;1-11H,12-13H2/q-1;+1. The van der Waals surface area contributed by atoms with Crippen molar-refractivity contribution in [1.29, 1.82) is 0 Å². The molecule has 0 N–H and O–H groups in total. The Morgan fingerprint density at radius 2 is 0.754 bits per heavy atom. The van der Waals surface area contributed by atoms with E-state index in [1.165, 1.54) is 0 Å². The summed E-state index contributed by atoms with van der Waals surface area (Å²) in [6.07, 6.45) is -5.51. The first-order chi connectivity index (χ1) is 32.3. The molecule has 0 saturated carbocycles. The van der Waals surface area contributed by atoms with Gasteiger partial charge in [0.1, 0.15) is 52.7 Å². The van der Waals surface area contributed by atoms with Crippen molar-refractivity contribution < 1.29 is 107 Å². The van der Waals surface area contributed by atoms with Crippen LogP contribution in [-0.2, 0) is 6.54 Å². The fourth-order valence-electron chi connectivity index (χ4n) is 7.37. The number of carbonyl (C=O) groups is 1. The number of pyridine rings is 1. The maximum absolute atomic E-state index is 15.4. The Labute approximate surface area is 369 Å². The van der Waals surface area contributed by atoms with Crippen molar-refractivity contribution >= 4 is 44.6 Å². The maximum Gasteiger partial charge on any atom is 0.381 e. The summed E-state index contributed by atoms with van der Waals surface area (Å²) in [6.45, 7) is -0.616. The van der Waals surface area contributed by atoms with Crippen molar-refractivity contribution in [1.82, 2.24) is 0 Å². The van der Waals surface area contributed by atoms with Crippen LogP contribution in [0, 0.1) is 126 Å². The van der Waals surface area contributed by atoms with Crippen molar-refractivity contribution in [3.8, 4) is 5.88 Å². The summed E-state index contributed by atoms with van der Waals surface area (Å²) in [6, 6.07) is 18.2. The first-order valence-corrected chi connectivity index (χ1v) is 18.3. The number of nitro groups is 1. The fourth-order valence-corrected chi connectivity index (χ4v) is 7.37. The van der Waals surface area contributed by atoms with Crippen LogP contribution in [0.5, 0.6) is 5.88 Å². The predicted molar refractivity (Wildman–Crippen MR) is 197 cm³/mol. The molecule has 6 aromatic carbocycles. The zero-order chi connectivity index (χ0) is 51.3. The molecule has 360 valence electrons. The Hall–Kier alpha value is -7.74. The Morgan fingerprint density at radius 3 is 1.09 bits per heavy atom. The molecule has 0 radical (unpaired) electrons. The summed E-state index contributed by atoms with van der Waals surface area (Å²) >= 11 is 0. The molecular weight excluding hydrogens is 987 g/mol. The van der Waals surface area contributed by atoms with E-state index in [9.17, 15) is 67.6 Å². The van der Waals surface area contributed by atoms with E-state index >= 15 is 35.1 Å². The number of carbonyl (C=O) groups excluding carboxylic acids is 1. The van der Waals surface area contributed by atoms with Crippen LogP contribution in [0.15, 0.2) is 66.9 Å². The Bertz CT molecular complexity index is 2890. The number of ether oxygens (including phenoxy) is 1. The first kappa shape index (κ1) is 50.7. The van der Waals surface area contributed by atoms with Crippen molar-refractivity contribution in [2.45, 2.75) is 6.54 Å². The molecule has 27 heteroatoms. The molecule has 7 rings (SSSR count). The molecule has 0 spiro atoms. The van der Waals surface area contributed by atoms with Gasteiger partial charge in [-0.2, -0.15) is 4.57 Å². The maximum atomic E-state index is 15.4. The lowest BCUT2D eigenvalue weighted by atomic mass is 9.12. The normalized spacial score (nSPS) is 11.5. The van der Waals surface area contributed by atoms with Gasteiger partial charge in [0.2, 0.25) is 12.3 Å². The molecule has 0 aliphatic heterocycles. The SMILES string of the molecule is Fc1c(F)c(F)c([B-](c2c(F)c(F)c(F)c(F)c2F)(c2c(F)c(F)c(F)c(F)c2F)c2c(F)c(F)c(F)c(F)c2F)c(F)c1F.O=C(C[n+]1ccc2ccccc2c1OC[N+](=O)[O-])c1ccccc1. The van der Waals surface area contributed by atoms with Crippen LogP contribution >= 0.6 is 0 Å². The van der Waals surface area contributed by atoms with Gasteiger partial charge >= 0.3 is 12.6 Å². The lowest BCUT2D eigenvalue weighted by Crippen LogP contribution is -2.81. The summed E-state index contributed by atoms with van der Waals surface area (Å²) in [5.74, 6) is -71.2. The number of aromatic nitrogens is 1. The second-order valence-corrected chi connectivity index (χ2v) is 14.0. The summed E-state index contributed by atoms with van der Waals surface area (Å²) < 4.78 is 301. The zero-order valence-corrected chi connectivity index (χ0v) is 32.9. The summed E-state index contributed by atoms with van der Waals surface area (Å²) in [7, 11) is 0. The molecular formula is C42H15BF20N2O4.